The molecule has 28 heavy (non-hydrogen) atoms. The first-order chi connectivity index (χ1) is 13.7. The highest BCUT2D eigenvalue weighted by atomic mass is 16.6. The van der Waals surface area contributed by atoms with E-state index < -0.39 is 0 Å². The predicted octanol–water partition coefficient (Wildman–Crippen LogP) is 1.54. The van der Waals surface area contributed by atoms with E-state index in [4.69, 9.17) is 9.47 Å². The second-order valence-corrected chi connectivity index (χ2v) is 8.32. The van der Waals surface area contributed by atoms with E-state index in [1.165, 1.54) is 10.5 Å². The Morgan fingerprint density at radius 1 is 1.14 bits per heavy atom. The van der Waals surface area contributed by atoms with Crippen molar-refractivity contribution in [2.45, 2.75) is 30.8 Å². The molecule has 5 saturated heterocycles. The Morgan fingerprint density at radius 3 is 2.54 bits per heavy atom. The fourth-order valence-corrected chi connectivity index (χ4v) is 5.67. The number of amides is 2. The van der Waals surface area contributed by atoms with Crippen molar-refractivity contribution in [3.63, 3.8) is 0 Å². The SMILES string of the molecule is COc1ccc([C@@H]2CN(C(=O)CN3CCOC3=O)[C@@H]3C4CCN(CC4)[C@@H]32)cc1. The number of likely N-dealkylation sites (tertiary alicyclic amines) is 1. The molecular formula is C21H27N3O4. The molecule has 0 N–H and O–H groups in total. The Morgan fingerprint density at radius 2 is 1.89 bits per heavy atom. The molecule has 5 fully saturated rings. The van der Waals surface area contributed by atoms with Crippen molar-refractivity contribution < 1.29 is 19.1 Å². The van der Waals surface area contributed by atoms with Crippen molar-refractivity contribution in [3.8, 4) is 5.75 Å². The molecule has 0 spiro atoms. The third kappa shape index (κ3) is 2.83. The van der Waals surface area contributed by atoms with Crippen molar-refractivity contribution in [1.29, 1.82) is 0 Å². The van der Waals surface area contributed by atoms with Gasteiger partial charge in [-0.15, -0.1) is 0 Å². The Hall–Kier alpha value is -2.28. The van der Waals surface area contributed by atoms with Gasteiger partial charge in [-0.2, -0.15) is 0 Å². The molecule has 3 atom stereocenters. The molecule has 0 aromatic heterocycles. The lowest BCUT2D eigenvalue weighted by Crippen LogP contribution is -2.61. The largest absolute Gasteiger partial charge is 0.497 e. The van der Waals surface area contributed by atoms with Gasteiger partial charge in [0.15, 0.2) is 0 Å². The minimum absolute atomic E-state index is 0.0543. The van der Waals surface area contributed by atoms with Crippen LogP contribution in [0.15, 0.2) is 24.3 Å². The van der Waals surface area contributed by atoms with E-state index in [2.05, 4.69) is 21.9 Å². The number of carbonyl (C=O) groups excluding carboxylic acids is 2. The van der Waals surface area contributed by atoms with Gasteiger partial charge in [0.25, 0.3) is 0 Å². The number of hydrogen-bond donors (Lipinski definition) is 0. The van der Waals surface area contributed by atoms with E-state index in [1.54, 1.807) is 7.11 Å². The highest BCUT2D eigenvalue weighted by Crippen LogP contribution is 2.46. The summed E-state index contributed by atoms with van der Waals surface area (Å²) in [6.07, 6.45) is 1.95. The van der Waals surface area contributed by atoms with Crippen LogP contribution in [0.2, 0.25) is 0 Å². The van der Waals surface area contributed by atoms with Gasteiger partial charge in [-0.25, -0.2) is 4.79 Å². The van der Waals surface area contributed by atoms with E-state index in [0.29, 0.717) is 31.0 Å². The average molecular weight is 385 g/mol. The molecule has 2 amide bonds. The summed E-state index contributed by atoms with van der Waals surface area (Å²) in [7, 11) is 1.68. The fraction of sp³-hybridized carbons (Fsp3) is 0.619. The summed E-state index contributed by atoms with van der Waals surface area (Å²) >= 11 is 0. The third-order valence-corrected chi connectivity index (χ3v) is 7.03. The van der Waals surface area contributed by atoms with Crippen LogP contribution in [0, 0.1) is 5.92 Å². The van der Waals surface area contributed by atoms with Crippen molar-refractivity contribution >= 4 is 12.0 Å². The second kappa shape index (κ2) is 6.95. The van der Waals surface area contributed by atoms with Crippen molar-refractivity contribution in [3.05, 3.63) is 29.8 Å². The lowest BCUT2D eigenvalue weighted by molar-refractivity contribution is -0.136. The summed E-state index contributed by atoms with van der Waals surface area (Å²) in [5.74, 6) is 1.77. The number of piperidine rings is 3. The lowest BCUT2D eigenvalue weighted by Gasteiger charge is -2.51. The molecular weight excluding hydrogens is 358 g/mol. The van der Waals surface area contributed by atoms with Gasteiger partial charge in [-0.3, -0.25) is 14.6 Å². The standard InChI is InChI=1S/C21H27N3O4/c1-27-16-4-2-14(3-5-16)17-12-24(18(25)13-23-10-11-28-21(23)26)19-15-6-8-22(9-7-15)20(17)19/h2-5,15,17,19-20H,6-13H2,1H3/t17-,19+,20+/m0/s1. The third-order valence-electron chi connectivity index (χ3n) is 7.03. The molecule has 0 radical (unpaired) electrons. The summed E-state index contributed by atoms with van der Waals surface area (Å²) in [6.45, 7) is 3.98. The Bertz CT molecular complexity index is 759. The van der Waals surface area contributed by atoms with Gasteiger partial charge in [0.05, 0.1) is 19.7 Å². The zero-order chi connectivity index (χ0) is 19.3. The normalized spacial score (nSPS) is 33.8. The minimum Gasteiger partial charge on any atom is -0.497 e. The van der Waals surface area contributed by atoms with E-state index >= 15 is 0 Å². The number of hydrogen-bond acceptors (Lipinski definition) is 5. The second-order valence-electron chi connectivity index (χ2n) is 8.32. The molecule has 5 aliphatic heterocycles. The molecule has 1 aromatic carbocycles. The number of fused-ring (bicyclic) bond motifs is 2. The number of methoxy groups -OCH3 is 1. The summed E-state index contributed by atoms with van der Waals surface area (Å²) in [5, 5.41) is 0. The van der Waals surface area contributed by atoms with Crippen LogP contribution in [-0.2, 0) is 9.53 Å². The van der Waals surface area contributed by atoms with Crippen molar-refractivity contribution in [2.24, 2.45) is 5.92 Å². The maximum atomic E-state index is 13.2. The van der Waals surface area contributed by atoms with E-state index in [1.807, 2.05) is 12.1 Å². The number of nitrogens with zero attached hydrogens (tertiary/aromatic N) is 3. The monoisotopic (exact) mass is 385 g/mol. The van der Waals surface area contributed by atoms with Gasteiger partial charge in [0, 0.05) is 18.5 Å². The van der Waals surface area contributed by atoms with Crippen molar-refractivity contribution in [1.82, 2.24) is 14.7 Å². The summed E-state index contributed by atoms with van der Waals surface area (Å²) in [4.78, 5) is 31.2. The summed E-state index contributed by atoms with van der Waals surface area (Å²) in [6, 6.07) is 8.90. The maximum absolute atomic E-state index is 13.2. The van der Waals surface area contributed by atoms with Crippen LogP contribution in [0.1, 0.15) is 24.3 Å². The zero-order valence-electron chi connectivity index (χ0n) is 16.3. The number of benzene rings is 1. The molecule has 0 aliphatic carbocycles. The van der Waals surface area contributed by atoms with Gasteiger partial charge in [0.2, 0.25) is 5.91 Å². The smallest absolute Gasteiger partial charge is 0.410 e. The number of ether oxygens (including phenoxy) is 2. The van der Waals surface area contributed by atoms with Gasteiger partial charge < -0.3 is 14.4 Å². The van der Waals surface area contributed by atoms with E-state index in [-0.39, 0.29) is 24.6 Å². The van der Waals surface area contributed by atoms with Crippen LogP contribution in [0.4, 0.5) is 4.79 Å². The molecule has 0 saturated carbocycles. The van der Waals surface area contributed by atoms with Gasteiger partial charge >= 0.3 is 6.09 Å². The number of cyclic esters (lactones) is 1. The zero-order valence-corrected chi connectivity index (χ0v) is 16.3. The van der Waals surface area contributed by atoms with Crippen LogP contribution < -0.4 is 4.74 Å². The van der Waals surface area contributed by atoms with Crippen LogP contribution in [0.25, 0.3) is 0 Å². The summed E-state index contributed by atoms with van der Waals surface area (Å²) < 4.78 is 10.3. The molecule has 1 aromatic rings. The van der Waals surface area contributed by atoms with Crippen molar-refractivity contribution in [2.75, 3.05) is 46.4 Å². The first-order valence-electron chi connectivity index (χ1n) is 10.2. The number of carbonyl (C=O) groups is 2. The fourth-order valence-electron chi connectivity index (χ4n) is 5.67. The first kappa shape index (κ1) is 17.8. The van der Waals surface area contributed by atoms with Gasteiger partial charge in [-0.05, 0) is 49.5 Å². The van der Waals surface area contributed by atoms with Crippen LogP contribution in [-0.4, -0.2) is 85.2 Å². The van der Waals surface area contributed by atoms with E-state index in [9.17, 15) is 9.59 Å². The highest BCUT2D eigenvalue weighted by molar-refractivity contribution is 5.83. The van der Waals surface area contributed by atoms with Crippen LogP contribution >= 0.6 is 0 Å². The van der Waals surface area contributed by atoms with Crippen LogP contribution in [0.5, 0.6) is 5.75 Å². The summed E-state index contributed by atoms with van der Waals surface area (Å²) in [5.41, 5.74) is 1.26. The lowest BCUT2D eigenvalue weighted by atomic mass is 9.75. The molecule has 6 rings (SSSR count). The predicted molar refractivity (Wildman–Crippen MR) is 102 cm³/mol. The van der Waals surface area contributed by atoms with Crippen LogP contribution in [0.3, 0.4) is 0 Å². The molecule has 2 bridgehead atoms. The molecule has 7 heteroatoms. The average Bonchev–Trinajstić information content (AvgIpc) is 3.34. The Labute approximate surface area is 165 Å². The molecule has 0 unspecified atom stereocenters. The minimum atomic E-state index is -0.371. The Balaban J connectivity index is 1.41. The quantitative estimate of drug-likeness (QED) is 0.787. The van der Waals surface area contributed by atoms with Gasteiger partial charge in [-0.1, -0.05) is 12.1 Å². The Kier molecular flexibility index (Phi) is 4.42. The molecule has 7 nitrogen and oxygen atoms in total. The van der Waals surface area contributed by atoms with Gasteiger partial charge in [0.1, 0.15) is 18.9 Å². The molecule has 5 heterocycles. The number of rotatable bonds is 4. The first-order valence-corrected chi connectivity index (χ1v) is 10.2. The van der Waals surface area contributed by atoms with E-state index in [0.717, 1.165) is 38.2 Å². The topological polar surface area (TPSA) is 62.3 Å². The molecule has 150 valence electrons. The molecule has 5 aliphatic rings. The maximum Gasteiger partial charge on any atom is 0.410 e. The highest BCUT2D eigenvalue weighted by Gasteiger charge is 2.54.